The summed E-state index contributed by atoms with van der Waals surface area (Å²) in [5, 5.41) is 0. The molecule has 22 heavy (non-hydrogen) atoms. The maximum atomic E-state index is 2.49. The van der Waals surface area contributed by atoms with Gasteiger partial charge in [0.15, 0.2) is 0 Å². The summed E-state index contributed by atoms with van der Waals surface area (Å²) in [5.74, 6) is 3.50. The lowest BCUT2D eigenvalue weighted by Crippen LogP contribution is -2.48. The lowest BCUT2D eigenvalue weighted by atomic mass is 9.46. The van der Waals surface area contributed by atoms with Crippen LogP contribution in [0, 0.1) is 25.7 Å². The molecule has 0 spiro atoms. The summed E-state index contributed by atoms with van der Waals surface area (Å²) in [4.78, 5) is 0. The smallest absolute Gasteiger partial charge is 0.00561 e. The van der Waals surface area contributed by atoms with E-state index in [-0.39, 0.29) is 0 Å². The third-order valence-electron chi connectivity index (χ3n) is 6.67. The lowest BCUT2D eigenvalue weighted by molar-refractivity contribution is 0.0558. The second kappa shape index (κ2) is 4.47. The number of aryl methyl sites for hydroxylation is 4. The molecule has 1 saturated carbocycles. The predicted molar refractivity (Wildman–Crippen MR) is 91.5 cm³/mol. The molecule has 2 aromatic rings. The quantitative estimate of drug-likeness (QED) is 0.616. The highest BCUT2D eigenvalue weighted by molar-refractivity contribution is 5.47. The van der Waals surface area contributed by atoms with Crippen molar-refractivity contribution in [1.82, 2.24) is 0 Å². The Balaban J connectivity index is 1.64. The molecule has 0 saturated heterocycles. The topological polar surface area (TPSA) is 0 Å². The van der Waals surface area contributed by atoms with E-state index in [1.165, 1.54) is 36.8 Å². The van der Waals surface area contributed by atoms with Crippen LogP contribution in [-0.2, 0) is 12.8 Å². The predicted octanol–water partition coefficient (Wildman–Crippen LogP) is 5.31. The second-order valence-corrected chi connectivity index (χ2v) is 7.86. The van der Waals surface area contributed by atoms with Crippen molar-refractivity contribution < 1.29 is 0 Å². The first-order valence-electron chi connectivity index (χ1n) is 8.91. The summed E-state index contributed by atoms with van der Waals surface area (Å²) in [6.45, 7) is 4.50. The van der Waals surface area contributed by atoms with Crippen LogP contribution in [0.3, 0.4) is 0 Å². The van der Waals surface area contributed by atoms with Gasteiger partial charge in [-0.25, -0.2) is 0 Å². The van der Waals surface area contributed by atoms with Gasteiger partial charge in [0.2, 0.25) is 0 Å². The molecule has 0 nitrogen and oxygen atoms in total. The zero-order chi connectivity index (χ0) is 14.8. The molecule has 1 fully saturated rings. The SMILES string of the molecule is Cc1ccc2c(c1)C1C(CC2)C2CCc3ccc(C)cc3C21. The van der Waals surface area contributed by atoms with Crippen LogP contribution >= 0.6 is 0 Å². The van der Waals surface area contributed by atoms with Crippen molar-refractivity contribution in [2.75, 3.05) is 0 Å². The maximum absolute atomic E-state index is 2.49. The van der Waals surface area contributed by atoms with Gasteiger partial charge in [0.1, 0.15) is 0 Å². The van der Waals surface area contributed by atoms with Gasteiger partial charge in [0, 0.05) is 0 Å². The lowest BCUT2D eigenvalue weighted by Gasteiger charge is -2.58. The minimum atomic E-state index is 0.800. The first-order valence-corrected chi connectivity index (χ1v) is 8.91. The van der Waals surface area contributed by atoms with Crippen LogP contribution in [0.15, 0.2) is 36.4 Å². The molecule has 0 amide bonds. The molecule has 0 aromatic heterocycles. The molecule has 4 atom stereocenters. The fourth-order valence-corrected chi connectivity index (χ4v) is 5.70. The van der Waals surface area contributed by atoms with Gasteiger partial charge in [-0.3, -0.25) is 0 Å². The van der Waals surface area contributed by atoms with Crippen molar-refractivity contribution in [3.05, 3.63) is 69.8 Å². The molecule has 4 unspecified atom stereocenters. The van der Waals surface area contributed by atoms with E-state index in [2.05, 4.69) is 50.2 Å². The van der Waals surface area contributed by atoms with Gasteiger partial charge in [-0.15, -0.1) is 0 Å². The molecule has 0 aliphatic heterocycles. The van der Waals surface area contributed by atoms with Gasteiger partial charge in [-0.2, -0.15) is 0 Å². The van der Waals surface area contributed by atoms with Crippen LogP contribution in [0.2, 0.25) is 0 Å². The van der Waals surface area contributed by atoms with Crippen molar-refractivity contribution in [1.29, 1.82) is 0 Å². The van der Waals surface area contributed by atoms with Gasteiger partial charge < -0.3 is 0 Å². The van der Waals surface area contributed by atoms with E-state index in [1.807, 2.05) is 0 Å². The van der Waals surface area contributed by atoms with Gasteiger partial charge in [0.25, 0.3) is 0 Å². The molecule has 0 heteroatoms. The van der Waals surface area contributed by atoms with E-state index >= 15 is 0 Å². The molecule has 0 radical (unpaired) electrons. The molecule has 0 N–H and O–H groups in total. The van der Waals surface area contributed by atoms with Crippen molar-refractivity contribution >= 4 is 0 Å². The van der Waals surface area contributed by atoms with E-state index in [0.717, 1.165) is 23.7 Å². The Kier molecular flexibility index (Phi) is 2.63. The van der Waals surface area contributed by atoms with Gasteiger partial charge >= 0.3 is 0 Å². The fourth-order valence-electron chi connectivity index (χ4n) is 5.70. The molecular formula is C22H24. The first-order chi connectivity index (χ1) is 10.7. The van der Waals surface area contributed by atoms with Gasteiger partial charge in [-0.1, -0.05) is 47.5 Å². The Morgan fingerprint density at radius 2 is 1.14 bits per heavy atom. The fraction of sp³-hybridized carbons (Fsp3) is 0.455. The Morgan fingerprint density at radius 3 is 1.59 bits per heavy atom. The summed E-state index contributed by atoms with van der Waals surface area (Å²) in [6.07, 6.45) is 5.45. The molecular weight excluding hydrogens is 264 g/mol. The number of rotatable bonds is 0. The summed E-state index contributed by atoms with van der Waals surface area (Å²) in [5.41, 5.74) is 9.50. The molecule has 0 bridgehead atoms. The highest BCUT2D eigenvalue weighted by Gasteiger charge is 2.54. The van der Waals surface area contributed by atoms with Crippen LogP contribution in [0.4, 0.5) is 0 Å². The normalized spacial score (nSPS) is 31.4. The van der Waals surface area contributed by atoms with Crippen molar-refractivity contribution in [3.8, 4) is 0 Å². The molecule has 112 valence electrons. The summed E-state index contributed by atoms with van der Waals surface area (Å²) >= 11 is 0. The minimum Gasteiger partial charge on any atom is -0.0590 e. The van der Waals surface area contributed by atoms with E-state index in [1.54, 1.807) is 22.3 Å². The van der Waals surface area contributed by atoms with Crippen LogP contribution in [-0.4, -0.2) is 0 Å². The van der Waals surface area contributed by atoms with Crippen LogP contribution < -0.4 is 0 Å². The zero-order valence-corrected chi connectivity index (χ0v) is 13.6. The first kappa shape index (κ1) is 12.9. The average molecular weight is 288 g/mol. The van der Waals surface area contributed by atoms with Crippen molar-refractivity contribution in [3.63, 3.8) is 0 Å². The largest absolute Gasteiger partial charge is 0.0590 e. The van der Waals surface area contributed by atoms with E-state index in [0.29, 0.717) is 0 Å². The highest BCUT2D eigenvalue weighted by atomic mass is 14.6. The van der Waals surface area contributed by atoms with Gasteiger partial charge in [-0.05, 0) is 85.5 Å². The summed E-state index contributed by atoms with van der Waals surface area (Å²) in [7, 11) is 0. The molecule has 2 aromatic carbocycles. The molecule has 3 aliphatic rings. The molecule has 5 rings (SSSR count). The number of hydrogen-bond donors (Lipinski definition) is 0. The van der Waals surface area contributed by atoms with Crippen LogP contribution in [0.1, 0.15) is 58.1 Å². The van der Waals surface area contributed by atoms with Crippen molar-refractivity contribution in [2.45, 2.75) is 51.4 Å². The van der Waals surface area contributed by atoms with Crippen LogP contribution in [0.5, 0.6) is 0 Å². The van der Waals surface area contributed by atoms with E-state index < -0.39 is 0 Å². The third-order valence-corrected chi connectivity index (χ3v) is 6.67. The summed E-state index contributed by atoms with van der Waals surface area (Å²) < 4.78 is 0. The highest BCUT2D eigenvalue weighted by Crippen LogP contribution is 2.65. The average Bonchev–Trinajstić information content (AvgIpc) is 2.49. The van der Waals surface area contributed by atoms with Crippen LogP contribution in [0.25, 0.3) is 0 Å². The number of benzene rings is 2. The Morgan fingerprint density at radius 1 is 0.682 bits per heavy atom. The maximum Gasteiger partial charge on any atom is -0.00561 e. The Bertz CT molecular complexity index is 689. The molecule has 3 aliphatic carbocycles. The Labute approximate surface area is 133 Å². The van der Waals surface area contributed by atoms with Crippen molar-refractivity contribution in [2.24, 2.45) is 11.8 Å². The second-order valence-electron chi connectivity index (χ2n) is 7.86. The van der Waals surface area contributed by atoms with Gasteiger partial charge in [0.05, 0.1) is 0 Å². The minimum absolute atomic E-state index is 0.800. The standard InChI is InChI=1S/C22H24/c1-13-3-5-15-7-9-17-18-10-8-16-6-4-14(2)12-20(16)22(18)21(17)19(15)11-13/h3-6,11-12,17-18,21-22H,7-10H2,1-2H3. The summed E-state index contributed by atoms with van der Waals surface area (Å²) in [6, 6.07) is 14.4. The third kappa shape index (κ3) is 1.64. The van der Waals surface area contributed by atoms with E-state index in [9.17, 15) is 0 Å². The molecule has 0 heterocycles. The zero-order valence-electron chi connectivity index (χ0n) is 13.6. The van der Waals surface area contributed by atoms with E-state index in [4.69, 9.17) is 0 Å². The Hall–Kier alpha value is -1.56. The number of fused-ring (bicyclic) bond motifs is 8. The number of hydrogen-bond acceptors (Lipinski definition) is 0. The monoisotopic (exact) mass is 288 g/mol.